The Bertz CT molecular complexity index is 3500. The van der Waals surface area contributed by atoms with Crippen LogP contribution in [0.5, 0.6) is 5.75 Å². The van der Waals surface area contributed by atoms with E-state index >= 15 is 0 Å². The number of rotatable bonds is 28. The Kier molecular flexibility index (Phi) is 24.0. The van der Waals surface area contributed by atoms with Gasteiger partial charge in [-0.1, -0.05) is 60.4 Å². The van der Waals surface area contributed by atoms with Crippen LogP contribution in [0.3, 0.4) is 0 Å². The molecule has 3 aromatic carbocycles. The number of hydrogen-bond acceptors (Lipinski definition) is 15. The predicted molar refractivity (Wildman–Crippen MR) is 340 cm³/mol. The van der Waals surface area contributed by atoms with E-state index in [0.29, 0.717) is 42.9 Å². The Morgan fingerprint density at radius 2 is 1.72 bits per heavy atom. The van der Waals surface area contributed by atoms with Gasteiger partial charge >= 0.3 is 5.69 Å². The van der Waals surface area contributed by atoms with Crippen LogP contribution in [0.4, 0.5) is 11.5 Å². The molecule has 2 unspecified atom stereocenters. The van der Waals surface area contributed by atoms with Gasteiger partial charge in [-0.15, -0.1) is 0 Å². The molecule has 3 aliphatic rings. The summed E-state index contributed by atoms with van der Waals surface area (Å²) in [5.74, 6) is 4.71. The number of ether oxygens (including phenoxy) is 6. The number of azide groups is 1. The monoisotopic (exact) mass is 1220 g/mol. The number of amides is 4. The first-order chi connectivity index (χ1) is 42.0. The summed E-state index contributed by atoms with van der Waals surface area (Å²) in [7, 11) is 7.78. The molecule has 0 spiro atoms. The number of nitrogens with zero attached hydrogens (tertiary/aromatic N) is 8. The minimum absolute atomic E-state index is 0.0124. The van der Waals surface area contributed by atoms with Crippen molar-refractivity contribution in [1.29, 1.82) is 0 Å². The second kappa shape index (κ2) is 31.5. The molecule has 0 bridgehead atoms. The first-order valence-corrected chi connectivity index (χ1v) is 32.5. The van der Waals surface area contributed by atoms with Crippen molar-refractivity contribution in [2.24, 2.45) is 5.11 Å². The van der Waals surface area contributed by atoms with E-state index in [0.717, 1.165) is 33.7 Å². The highest BCUT2D eigenvalue weighted by Crippen LogP contribution is 2.43. The van der Waals surface area contributed by atoms with E-state index < -0.39 is 44.1 Å². The second-order valence-electron chi connectivity index (χ2n) is 22.9. The highest BCUT2D eigenvalue weighted by molar-refractivity contribution is 6.98. The number of carbonyl (C=O) groups is 4. The summed E-state index contributed by atoms with van der Waals surface area (Å²) in [6, 6.07) is 20.8. The van der Waals surface area contributed by atoms with Gasteiger partial charge in [0.1, 0.15) is 59.3 Å². The Balaban J connectivity index is 0.802. The van der Waals surface area contributed by atoms with Crippen molar-refractivity contribution < 1.29 is 52.2 Å². The minimum atomic E-state index is -2.19. The normalized spacial score (nSPS) is 16.8. The standard InChI is InChI=1S/C64H82N12O11Si/c1-41(2)84-38-53-52(86-42(3)4)36-59(87-53)76-37-44(61(65)70-64(76)81)18-15-27-67-57(78)39-82-31-32-83-58(71-72-66)40-85-47-19-14-17-43(33-47)62(79)69-29-28-68-56(77)22-16-30-75(9)63(80)49-21-13-12-20-48(49)60-50-25-23-45(73(5)6)34-54(50)88(10,11)55-35-46(74(7)8)24-26-51(55)60/h12-14,17,19-21,23-26,33-35,37,41-42,52-53,58-59H,16,22,27-32,36,38-40H2,1-11H3,(H4-,65,67,68,69,70,77,78,79,81)/p+1/t52?,53-,58?,59-/m1/s1. The van der Waals surface area contributed by atoms with Gasteiger partial charge in [0, 0.05) is 93.7 Å². The average Bonchev–Trinajstić information content (AvgIpc) is 0.846. The van der Waals surface area contributed by atoms with Crippen molar-refractivity contribution in [3.8, 4) is 17.6 Å². The van der Waals surface area contributed by atoms with Gasteiger partial charge in [0.15, 0.2) is 11.9 Å². The van der Waals surface area contributed by atoms with Crippen molar-refractivity contribution in [3.63, 3.8) is 0 Å². The highest BCUT2D eigenvalue weighted by atomic mass is 28.3. The maximum atomic E-state index is 14.3. The van der Waals surface area contributed by atoms with Crippen molar-refractivity contribution >= 4 is 59.7 Å². The van der Waals surface area contributed by atoms with E-state index in [4.69, 9.17) is 39.7 Å². The molecule has 4 aromatic rings. The Morgan fingerprint density at radius 1 is 0.943 bits per heavy atom. The van der Waals surface area contributed by atoms with Crippen molar-refractivity contribution in [3.05, 3.63) is 151 Å². The first kappa shape index (κ1) is 67.1. The fraction of sp³-hybridized carbons (Fsp3) is 0.453. The number of nitrogens with two attached hydrogens (primary N) is 1. The number of benzene rings is 3. The topological polar surface area (TPSA) is 279 Å². The lowest BCUT2D eigenvalue weighted by Crippen LogP contribution is -2.49. The summed E-state index contributed by atoms with van der Waals surface area (Å²) >= 11 is 0. The van der Waals surface area contributed by atoms with E-state index in [-0.39, 0.29) is 94.0 Å². The molecule has 24 heteroatoms. The quantitative estimate of drug-likeness (QED) is 0.0104. The van der Waals surface area contributed by atoms with Crippen LogP contribution in [0.1, 0.15) is 90.6 Å². The lowest BCUT2D eigenvalue weighted by Gasteiger charge is -2.38. The largest absolute Gasteiger partial charge is 0.491 e. The molecule has 1 fully saturated rings. The maximum Gasteiger partial charge on any atom is 0.351 e. The zero-order chi connectivity index (χ0) is 63.7. The van der Waals surface area contributed by atoms with Crippen LogP contribution in [0.15, 0.2) is 112 Å². The van der Waals surface area contributed by atoms with Crippen LogP contribution in [0.25, 0.3) is 16.0 Å². The molecule has 4 amide bonds. The summed E-state index contributed by atoms with van der Waals surface area (Å²) in [6.45, 7) is 12.9. The molecular weight excluding hydrogens is 1140 g/mol. The molecular formula is C64H83N12O11Si+. The number of aromatic nitrogens is 2. The Labute approximate surface area is 515 Å². The molecule has 1 aliphatic carbocycles. The van der Waals surface area contributed by atoms with E-state index in [1.54, 1.807) is 30.1 Å². The van der Waals surface area contributed by atoms with Crippen molar-refractivity contribution in [1.82, 2.24) is 30.4 Å². The number of anilines is 2. The van der Waals surface area contributed by atoms with Gasteiger partial charge in [0.05, 0.1) is 50.2 Å². The molecule has 0 saturated carbocycles. The van der Waals surface area contributed by atoms with Gasteiger partial charge in [-0.25, -0.2) is 9.37 Å². The van der Waals surface area contributed by atoms with Crippen LogP contribution in [-0.2, 0) is 33.3 Å². The molecule has 468 valence electrons. The van der Waals surface area contributed by atoms with E-state index in [1.165, 1.54) is 27.2 Å². The molecule has 3 heterocycles. The summed E-state index contributed by atoms with van der Waals surface area (Å²) < 4.78 is 38.3. The van der Waals surface area contributed by atoms with Gasteiger partial charge < -0.3 is 59.9 Å². The lowest BCUT2D eigenvalue weighted by atomic mass is 9.87. The molecule has 4 atom stereocenters. The average molecular weight is 1220 g/mol. The zero-order valence-corrected chi connectivity index (χ0v) is 53.3. The molecule has 1 aromatic heterocycles. The molecule has 5 N–H and O–H groups in total. The van der Waals surface area contributed by atoms with E-state index in [1.807, 2.05) is 52.0 Å². The summed E-state index contributed by atoms with van der Waals surface area (Å²) in [4.78, 5) is 76.3. The third-order valence-electron chi connectivity index (χ3n) is 14.9. The number of nitrogen functional groups attached to an aromatic ring is 1. The minimum Gasteiger partial charge on any atom is -0.491 e. The molecule has 1 saturated heterocycles. The number of carbonyl (C=O) groups excluding carboxylic acids is 4. The lowest BCUT2D eigenvalue weighted by molar-refractivity contribution is -0.462. The van der Waals surface area contributed by atoms with E-state index in [9.17, 15) is 24.0 Å². The fourth-order valence-corrected chi connectivity index (χ4v) is 13.4. The smallest absolute Gasteiger partial charge is 0.351 e. The van der Waals surface area contributed by atoms with Crippen LogP contribution >= 0.6 is 0 Å². The summed E-state index contributed by atoms with van der Waals surface area (Å²) in [6.07, 6.45) is 6.64. The SMILES string of the molecule is CC(C)OC[C@H]1O[C@@H](n2cc(C#CCNC(=O)COCCOC(COc3cccc(C(=O)NCCNC(=O)CCCN(C)C(=O)c4ccccc4C4=C5C=CC(=[N+](C)C)C=C5[Si](C)(C)c5cc(N(C)C)ccc54)c3)N=[N+]=[N-])c(N)nc2=O)CC1OC(C)C. The van der Waals surface area contributed by atoms with Gasteiger partial charge in [0.25, 0.3) is 11.8 Å². The molecule has 2 aliphatic heterocycles. The number of allylic oxidation sites excluding steroid dienone is 5. The molecule has 23 nitrogen and oxygen atoms in total. The number of fused-ring (bicyclic) bond motifs is 2. The van der Waals surface area contributed by atoms with Crippen LogP contribution in [0, 0.1) is 11.8 Å². The van der Waals surface area contributed by atoms with Gasteiger partial charge in [-0.05, 0) is 115 Å². The third kappa shape index (κ3) is 17.9. The first-order valence-electron chi connectivity index (χ1n) is 29.5. The zero-order valence-electron chi connectivity index (χ0n) is 52.3. The van der Waals surface area contributed by atoms with Crippen molar-refractivity contribution in [2.75, 3.05) is 105 Å². The fourth-order valence-electron chi connectivity index (χ4n) is 10.3. The summed E-state index contributed by atoms with van der Waals surface area (Å²) in [5.41, 5.74) is 22.2. The maximum absolute atomic E-state index is 14.3. The van der Waals surface area contributed by atoms with Gasteiger partial charge in [0.2, 0.25) is 11.8 Å². The van der Waals surface area contributed by atoms with Gasteiger partial charge in [-0.3, -0.25) is 23.7 Å². The van der Waals surface area contributed by atoms with Crippen molar-refractivity contribution in [2.45, 2.75) is 96.9 Å². The number of hydrogen-bond donors (Lipinski definition) is 4. The predicted octanol–water partition coefficient (Wildman–Crippen LogP) is 5.49. The van der Waals surface area contributed by atoms with Crippen LogP contribution in [-0.4, -0.2) is 182 Å². The van der Waals surface area contributed by atoms with Gasteiger partial charge in [-0.2, -0.15) is 4.98 Å². The molecule has 0 radical (unpaired) electrons. The van der Waals surface area contributed by atoms with Crippen LogP contribution < -0.4 is 42.2 Å². The number of nitrogens with one attached hydrogen (secondary N) is 3. The van der Waals surface area contributed by atoms with E-state index in [2.05, 4.69) is 130 Å². The third-order valence-corrected chi connectivity index (χ3v) is 18.4. The summed E-state index contributed by atoms with van der Waals surface area (Å²) in [5, 5.41) is 14.5. The highest BCUT2D eigenvalue weighted by Gasteiger charge is 2.42. The molecule has 88 heavy (non-hydrogen) atoms. The Hall–Kier alpha value is -8.40. The Morgan fingerprint density at radius 3 is 2.45 bits per heavy atom. The molecule has 7 rings (SSSR count). The van der Waals surface area contributed by atoms with Crippen LogP contribution in [0.2, 0.25) is 13.1 Å². The second-order valence-corrected chi connectivity index (χ2v) is 27.3.